The summed E-state index contributed by atoms with van der Waals surface area (Å²) in [4.78, 5) is 106. The lowest BCUT2D eigenvalue weighted by Crippen LogP contribution is -2.24. The molecule has 20 nitrogen and oxygen atoms in total. The predicted octanol–water partition coefficient (Wildman–Crippen LogP) is 8.92. The number of amides is 2. The van der Waals surface area contributed by atoms with Crippen LogP contribution in [0, 0.1) is 39.5 Å². The highest BCUT2D eigenvalue weighted by Crippen LogP contribution is 2.26. The van der Waals surface area contributed by atoms with Crippen LogP contribution in [0.25, 0.3) is 0 Å². The van der Waals surface area contributed by atoms with E-state index in [0.29, 0.717) is 51.9 Å². The molecule has 2 amide bonds. The number of aliphatic hydroxyl groups is 2. The number of isocyanates is 6. The van der Waals surface area contributed by atoms with Gasteiger partial charge in [-0.2, -0.15) is 30.0 Å². The fraction of sp³-hybridized carbons (Fsp3) is 0.304. The van der Waals surface area contributed by atoms with E-state index in [0.717, 1.165) is 28.7 Å². The Kier molecular flexibility index (Phi) is 27.2. The Balaban J connectivity index is 0.000000535. The zero-order chi connectivity index (χ0) is 49.3. The number of nitrogens with zero attached hydrogens (tertiary/aromatic N) is 6. The SMILES string of the molecule is CCC(CO)CO.CCC(COC(=O)Nc1ccc(C)c(N=C=O)c1)COC(=O)Nc1ccc(C)c(N=C=O)c1.Cc1ccc(N=C=O)cc1N=C=O.Cc1ccc(N=C=O)cc1N=C=O. The maximum Gasteiger partial charge on any atom is 0.411 e. The van der Waals surface area contributed by atoms with Gasteiger partial charge in [0.15, 0.2) is 0 Å². The Labute approximate surface area is 379 Å². The molecule has 0 heterocycles. The van der Waals surface area contributed by atoms with Crippen molar-refractivity contribution in [1.82, 2.24) is 0 Å². The molecule has 4 aromatic rings. The van der Waals surface area contributed by atoms with Crippen LogP contribution in [-0.4, -0.2) is 85.3 Å². The van der Waals surface area contributed by atoms with E-state index >= 15 is 0 Å². The second-order valence-corrected chi connectivity index (χ2v) is 13.5. The van der Waals surface area contributed by atoms with Gasteiger partial charge < -0.3 is 19.7 Å². The number of ether oxygens (including phenoxy) is 2. The third-order valence-corrected chi connectivity index (χ3v) is 8.88. The summed E-state index contributed by atoms with van der Waals surface area (Å²) >= 11 is 0. The molecule has 0 spiro atoms. The Bertz CT molecular complexity index is 2370. The average molecular weight is 905 g/mol. The van der Waals surface area contributed by atoms with Gasteiger partial charge in [-0.3, -0.25) is 10.6 Å². The van der Waals surface area contributed by atoms with Crippen LogP contribution in [0.1, 0.15) is 48.9 Å². The van der Waals surface area contributed by atoms with Crippen LogP contribution in [-0.2, 0) is 38.2 Å². The molecule has 0 radical (unpaired) electrons. The van der Waals surface area contributed by atoms with E-state index in [1.807, 2.05) is 13.8 Å². The largest absolute Gasteiger partial charge is 0.449 e. The smallest absolute Gasteiger partial charge is 0.411 e. The summed E-state index contributed by atoms with van der Waals surface area (Å²) in [6.07, 6.45) is 8.69. The van der Waals surface area contributed by atoms with Gasteiger partial charge in [-0.1, -0.05) is 38.1 Å². The number of carbonyl (C=O) groups excluding carboxylic acids is 8. The van der Waals surface area contributed by atoms with Gasteiger partial charge in [0, 0.05) is 36.4 Å². The van der Waals surface area contributed by atoms with E-state index in [1.54, 1.807) is 76.2 Å². The van der Waals surface area contributed by atoms with Gasteiger partial charge in [0.1, 0.15) is 0 Å². The van der Waals surface area contributed by atoms with Gasteiger partial charge in [-0.25, -0.2) is 38.4 Å². The first-order valence-corrected chi connectivity index (χ1v) is 19.8. The Hall–Kier alpha value is -8.38. The molecule has 0 atom stereocenters. The third-order valence-electron chi connectivity index (χ3n) is 8.88. The maximum atomic E-state index is 12.1. The molecular weight excluding hydrogens is 857 g/mol. The van der Waals surface area contributed by atoms with Crippen molar-refractivity contribution in [1.29, 1.82) is 0 Å². The van der Waals surface area contributed by atoms with Crippen molar-refractivity contribution in [2.75, 3.05) is 37.1 Å². The van der Waals surface area contributed by atoms with Crippen molar-refractivity contribution in [3.05, 3.63) is 95.1 Å². The molecule has 0 aromatic heterocycles. The van der Waals surface area contributed by atoms with Crippen molar-refractivity contribution in [3.8, 4) is 0 Å². The van der Waals surface area contributed by atoms with Crippen LogP contribution >= 0.6 is 0 Å². The van der Waals surface area contributed by atoms with E-state index in [1.165, 1.54) is 60.7 Å². The lowest BCUT2D eigenvalue weighted by atomic mass is 10.1. The average Bonchev–Trinajstić information content (AvgIpc) is 3.30. The Morgan fingerprint density at radius 2 is 0.788 bits per heavy atom. The zero-order valence-corrected chi connectivity index (χ0v) is 37.0. The van der Waals surface area contributed by atoms with Crippen LogP contribution in [0.15, 0.2) is 103 Å². The highest BCUT2D eigenvalue weighted by Gasteiger charge is 2.15. The van der Waals surface area contributed by atoms with Gasteiger partial charge in [0.05, 0.1) is 47.3 Å². The monoisotopic (exact) mass is 904 g/mol. The standard InChI is InChI=1S/C23H24N4O6.2C9H6N2O2.C5H12O2/c1-4-17(11-32-22(30)26-18-7-5-15(2)20(9-18)24-13-28)12-33-23(31)27-19-8-6-16(3)21(10-19)25-14-29;2*1-7-2-3-8(10-5-12)4-9(7)11-6-13;1-2-5(3-6)4-7/h5-10,17H,4,11-12H2,1-3H3,(H,26,30)(H,27,31);2*2-4H,1H3;5-7H,2-4H2,1H3. The molecule has 0 unspecified atom stereocenters. The lowest BCUT2D eigenvalue weighted by Gasteiger charge is -2.16. The number of benzene rings is 4. The number of aliphatic hydroxyl groups excluding tert-OH is 2. The molecule has 4 rings (SSSR count). The van der Waals surface area contributed by atoms with E-state index in [9.17, 15) is 38.4 Å². The molecule has 66 heavy (non-hydrogen) atoms. The number of hydrogen-bond acceptors (Lipinski definition) is 18. The molecule has 4 aromatic carbocycles. The molecule has 0 fully saturated rings. The molecule has 0 aliphatic heterocycles. The van der Waals surface area contributed by atoms with Crippen LogP contribution in [0.5, 0.6) is 0 Å². The molecule has 0 saturated carbocycles. The maximum absolute atomic E-state index is 12.1. The molecule has 0 aliphatic rings. The number of nitrogens with one attached hydrogen (secondary N) is 2. The van der Waals surface area contributed by atoms with Crippen molar-refractivity contribution in [2.24, 2.45) is 41.8 Å². The van der Waals surface area contributed by atoms with Crippen LogP contribution in [0.3, 0.4) is 0 Å². The second-order valence-electron chi connectivity index (χ2n) is 13.5. The molecule has 0 aliphatic carbocycles. The highest BCUT2D eigenvalue weighted by atomic mass is 16.6. The number of rotatable bonds is 16. The number of aliphatic imine (C=N–C) groups is 6. The van der Waals surface area contributed by atoms with Crippen LogP contribution < -0.4 is 10.6 Å². The van der Waals surface area contributed by atoms with Crippen molar-refractivity contribution in [2.45, 2.75) is 54.4 Å². The molecule has 344 valence electrons. The first-order chi connectivity index (χ1) is 31.7. The minimum absolute atomic E-state index is 0.0313. The van der Waals surface area contributed by atoms with E-state index in [2.05, 4.69) is 40.6 Å². The fourth-order valence-electron chi connectivity index (χ4n) is 4.79. The van der Waals surface area contributed by atoms with E-state index < -0.39 is 12.2 Å². The minimum Gasteiger partial charge on any atom is -0.449 e. The topological polar surface area (TPSA) is 294 Å². The van der Waals surface area contributed by atoms with Crippen molar-refractivity contribution >= 4 is 94.2 Å². The summed E-state index contributed by atoms with van der Waals surface area (Å²) in [5.41, 5.74) is 6.58. The van der Waals surface area contributed by atoms with E-state index in [4.69, 9.17) is 19.7 Å². The summed E-state index contributed by atoms with van der Waals surface area (Å²) in [5, 5.41) is 21.8. The number of carbonyl (C=O) groups is 2. The summed E-state index contributed by atoms with van der Waals surface area (Å²) in [7, 11) is 0. The summed E-state index contributed by atoms with van der Waals surface area (Å²) in [6.45, 7) is 11.2. The first-order valence-electron chi connectivity index (χ1n) is 19.8. The summed E-state index contributed by atoms with van der Waals surface area (Å²) < 4.78 is 10.4. The van der Waals surface area contributed by atoms with E-state index in [-0.39, 0.29) is 38.3 Å². The number of anilines is 2. The second kappa shape index (κ2) is 32.3. The predicted molar refractivity (Wildman–Crippen MR) is 243 cm³/mol. The third kappa shape index (κ3) is 21.6. The first kappa shape index (κ1) is 55.6. The zero-order valence-electron chi connectivity index (χ0n) is 37.0. The van der Waals surface area contributed by atoms with Gasteiger partial charge in [0.2, 0.25) is 36.5 Å². The lowest BCUT2D eigenvalue weighted by molar-refractivity contribution is 0.0963. The Morgan fingerprint density at radius 3 is 1.06 bits per heavy atom. The molecule has 0 bridgehead atoms. The van der Waals surface area contributed by atoms with Gasteiger partial charge in [-0.05, 0) is 111 Å². The van der Waals surface area contributed by atoms with Gasteiger partial charge >= 0.3 is 12.2 Å². The molecule has 4 N–H and O–H groups in total. The minimum atomic E-state index is -0.689. The van der Waals surface area contributed by atoms with Crippen molar-refractivity contribution < 1.29 is 58.0 Å². The number of aryl methyl sites for hydroxylation is 4. The van der Waals surface area contributed by atoms with Crippen molar-refractivity contribution in [3.63, 3.8) is 0 Å². The summed E-state index contributed by atoms with van der Waals surface area (Å²) in [6, 6.07) is 19.5. The molecule has 0 saturated heterocycles. The molecular formula is C46H48N8O12. The van der Waals surface area contributed by atoms with Gasteiger partial charge in [0.25, 0.3) is 0 Å². The van der Waals surface area contributed by atoms with Gasteiger partial charge in [-0.15, -0.1) is 0 Å². The highest BCUT2D eigenvalue weighted by molar-refractivity contribution is 5.86. The normalized spacial score (nSPS) is 9.77. The fourth-order valence-corrected chi connectivity index (χ4v) is 4.79. The van der Waals surface area contributed by atoms with Crippen LogP contribution in [0.4, 0.5) is 55.1 Å². The quantitative estimate of drug-likeness (QED) is 0.0605. The van der Waals surface area contributed by atoms with Crippen LogP contribution in [0.2, 0.25) is 0 Å². The summed E-state index contributed by atoms with van der Waals surface area (Å²) in [5.74, 6) is -0.122. The Morgan fingerprint density at radius 1 is 0.485 bits per heavy atom. The number of hydrogen-bond donors (Lipinski definition) is 4. The molecule has 20 heteroatoms.